The van der Waals surface area contributed by atoms with Crippen molar-refractivity contribution in [3.63, 3.8) is 0 Å². The van der Waals surface area contributed by atoms with Crippen LogP contribution in [-0.4, -0.2) is 38.7 Å². The first-order valence-electron chi connectivity index (χ1n) is 8.86. The number of hydrogen-bond acceptors (Lipinski definition) is 6. The quantitative estimate of drug-likeness (QED) is 0.445. The van der Waals surface area contributed by atoms with Gasteiger partial charge in [0.2, 0.25) is 5.95 Å². The summed E-state index contributed by atoms with van der Waals surface area (Å²) in [7, 11) is 1.78. The van der Waals surface area contributed by atoms with Crippen molar-refractivity contribution in [2.24, 2.45) is 7.05 Å². The van der Waals surface area contributed by atoms with E-state index in [1.807, 2.05) is 0 Å². The number of aromatic nitrogens is 3. The van der Waals surface area contributed by atoms with E-state index in [0.29, 0.717) is 32.4 Å². The summed E-state index contributed by atoms with van der Waals surface area (Å²) in [6.07, 6.45) is -4.41. The van der Waals surface area contributed by atoms with E-state index in [0.717, 1.165) is 29.0 Å². The van der Waals surface area contributed by atoms with Gasteiger partial charge in [-0.3, -0.25) is 4.79 Å². The van der Waals surface area contributed by atoms with Gasteiger partial charge in [-0.05, 0) is 36.4 Å². The van der Waals surface area contributed by atoms with Gasteiger partial charge in [0.1, 0.15) is 0 Å². The van der Waals surface area contributed by atoms with E-state index < -0.39 is 11.7 Å². The van der Waals surface area contributed by atoms with Crippen LogP contribution in [0, 0.1) is 0 Å². The Bertz CT molecular complexity index is 1250. The van der Waals surface area contributed by atoms with Crippen LogP contribution < -0.4 is 10.6 Å². The van der Waals surface area contributed by atoms with Crippen LogP contribution in [0.15, 0.2) is 36.4 Å². The molecular weight excluding hydrogens is 419 g/mol. The molecule has 156 valence electrons. The van der Waals surface area contributed by atoms with Gasteiger partial charge in [-0.2, -0.15) is 13.2 Å². The molecular formula is C19H16F3N5O2S. The van der Waals surface area contributed by atoms with E-state index in [-0.39, 0.29) is 19.1 Å². The summed E-state index contributed by atoms with van der Waals surface area (Å²) in [4.78, 5) is 20.9. The van der Waals surface area contributed by atoms with Crippen LogP contribution in [0.4, 0.5) is 24.3 Å². The lowest BCUT2D eigenvalue weighted by molar-refractivity contribution is -0.137. The van der Waals surface area contributed by atoms with Crippen LogP contribution in [0.3, 0.4) is 0 Å². The molecule has 0 aliphatic heterocycles. The van der Waals surface area contributed by atoms with Crippen molar-refractivity contribution in [1.29, 1.82) is 0 Å². The number of rotatable bonds is 5. The highest BCUT2D eigenvalue weighted by Crippen LogP contribution is 2.35. The smallest absolute Gasteiger partial charge is 0.395 e. The number of aliphatic hydroxyl groups is 1. The van der Waals surface area contributed by atoms with Crippen molar-refractivity contribution in [2.45, 2.75) is 6.18 Å². The van der Waals surface area contributed by atoms with Crippen molar-refractivity contribution in [3.8, 4) is 0 Å². The predicted octanol–water partition coefficient (Wildman–Crippen LogP) is 3.67. The van der Waals surface area contributed by atoms with Crippen LogP contribution >= 0.6 is 11.3 Å². The first-order valence-corrected chi connectivity index (χ1v) is 9.68. The number of nitrogens with zero attached hydrogens (tertiary/aromatic N) is 3. The molecule has 3 N–H and O–H groups in total. The third-order valence-electron chi connectivity index (χ3n) is 4.47. The number of benzene rings is 2. The summed E-state index contributed by atoms with van der Waals surface area (Å²) in [5.41, 5.74) is 1.46. The van der Waals surface area contributed by atoms with Gasteiger partial charge in [0.15, 0.2) is 5.13 Å². The zero-order chi connectivity index (χ0) is 21.5. The van der Waals surface area contributed by atoms with Gasteiger partial charge in [0, 0.05) is 19.2 Å². The molecule has 2 aromatic heterocycles. The minimum Gasteiger partial charge on any atom is -0.395 e. The number of hydrogen-bond donors (Lipinski definition) is 3. The van der Waals surface area contributed by atoms with Crippen LogP contribution in [0.25, 0.3) is 21.3 Å². The third kappa shape index (κ3) is 3.81. The van der Waals surface area contributed by atoms with Crippen LogP contribution in [-0.2, 0) is 13.2 Å². The number of carbonyl (C=O) groups excluding carboxylic acids is 1. The lowest BCUT2D eigenvalue weighted by atomic mass is 10.2. The molecule has 4 rings (SSSR count). The fraction of sp³-hybridized carbons (Fsp3) is 0.211. The minimum atomic E-state index is -4.41. The van der Waals surface area contributed by atoms with Crippen LogP contribution in [0.2, 0.25) is 0 Å². The highest BCUT2D eigenvalue weighted by molar-refractivity contribution is 7.22. The second-order valence-electron chi connectivity index (χ2n) is 6.50. The molecule has 0 spiro atoms. The number of alkyl halides is 3. The second-order valence-corrected chi connectivity index (χ2v) is 7.53. The average molecular weight is 435 g/mol. The molecule has 4 aromatic rings. The number of halogens is 3. The number of thiazole rings is 1. The lowest BCUT2D eigenvalue weighted by Gasteiger charge is -2.04. The topological polar surface area (TPSA) is 92.1 Å². The van der Waals surface area contributed by atoms with Crippen molar-refractivity contribution in [3.05, 3.63) is 47.5 Å². The standard InChI is InChI=1S/C19H16F3N5O2S/c1-27-14-5-2-10(16(29)23-6-7-28)8-13(14)24-17(27)26-18-25-12-4-3-11(19(20,21)22)9-15(12)30-18/h2-5,8-9,28H,6-7H2,1H3,(H,23,29)(H,24,25,26). The van der Waals surface area contributed by atoms with Gasteiger partial charge in [-0.25, -0.2) is 9.97 Å². The predicted molar refractivity (Wildman–Crippen MR) is 108 cm³/mol. The molecule has 0 saturated carbocycles. The van der Waals surface area contributed by atoms with E-state index in [2.05, 4.69) is 20.6 Å². The molecule has 30 heavy (non-hydrogen) atoms. The maximum atomic E-state index is 12.9. The first-order chi connectivity index (χ1) is 14.3. The number of fused-ring (bicyclic) bond motifs is 2. The lowest BCUT2D eigenvalue weighted by Crippen LogP contribution is -2.26. The number of imidazole rings is 1. The molecule has 0 bridgehead atoms. The Balaban J connectivity index is 1.63. The number of aryl methyl sites for hydroxylation is 1. The molecule has 7 nitrogen and oxygen atoms in total. The molecule has 0 aliphatic carbocycles. The molecule has 2 aromatic carbocycles. The van der Waals surface area contributed by atoms with Gasteiger partial charge in [0.25, 0.3) is 5.91 Å². The summed E-state index contributed by atoms with van der Waals surface area (Å²) in [5, 5.41) is 14.8. The largest absolute Gasteiger partial charge is 0.416 e. The van der Waals surface area contributed by atoms with Crippen molar-refractivity contribution < 1.29 is 23.1 Å². The SMILES string of the molecule is Cn1c(Nc2nc3ccc(C(F)(F)F)cc3s2)nc2cc(C(=O)NCCO)ccc21. The van der Waals surface area contributed by atoms with Crippen molar-refractivity contribution in [2.75, 3.05) is 18.5 Å². The monoisotopic (exact) mass is 435 g/mol. The average Bonchev–Trinajstić information content (AvgIpc) is 3.25. The van der Waals surface area contributed by atoms with Gasteiger partial charge < -0.3 is 20.3 Å². The normalized spacial score (nSPS) is 11.9. The van der Waals surface area contributed by atoms with Gasteiger partial charge >= 0.3 is 6.18 Å². The van der Waals surface area contributed by atoms with Crippen LogP contribution in [0.5, 0.6) is 0 Å². The van der Waals surface area contributed by atoms with E-state index in [1.54, 1.807) is 29.8 Å². The summed E-state index contributed by atoms with van der Waals surface area (Å²) in [6, 6.07) is 8.44. The Morgan fingerprint density at radius 3 is 2.70 bits per heavy atom. The Morgan fingerprint density at radius 2 is 1.97 bits per heavy atom. The number of amides is 1. The summed E-state index contributed by atoms with van der Waals surface area (Å²) in [5.74, 6) is 0.116. The second kappa shape index (κ2) is 7.58. The van der Waals surface area contributed by atoms with Gasteiger partial charge in [-0.1, -0.05) is 11.3 Å². The summed E-state index contributed by atoms with van der Waals surface area (Å²) in [6.45, 7) is -0.00216. The van der Waals surface area contributed by atoms with Crippen LogP contribution in [0.1, 0.15) is 15.9 Å². The third-order valence-corrected chi connectivity index (χ3v) is 5.41. The van der Waals surface area contributed by atoms with E-state index in [9.17, 15) is 18.0 Å². The Kier molecular flexibility index (Phi) is 5.08. The van der Waals surface area contributed by atoms with Crippen molar-refractivity contribution in [1.82, 2.24) is 19.9 Å². The number of anilines is 2. The van der Waals surface area contributed by atoms with Gasteiger partial charge in [0.05, 0.1) is 33.4 Å². The molecule has 1 amide bonds. The highest BCUT2D eigenvalue weighted by atomic mass is 32.1. The van der Waals surface area contributed by atoms with Gasteiger partial charge in [-0.15, -0.1) is 0 Å². The maximum absolute atomic E-state index is 12.9. The molecule has 2 heterocycles. The van der Waals surface area contributed by atoms with E-state index in [1.165, 1.54) is 6.07 Å². The fourth-order valence-corrected chi connectivity index (χ4v) is 3.87. The minimum absolute atomic E-state index is 0.152. The molecule has 0 radical (unpaired) electrons. The highest BCUT2D eigenvalue weighted by Gasteiger charge is 2.30. The molecule has 0 unspecified atom stereocenters. The molecule has 0 fully saturated rings. The number of nitrogens with one attached hydrogen (secondary N) is 2. The van der Waals surface area contributed by atoms with E-state index in [4.69, 9.17) is 5.11 Å². The molecule has 0 aliphatic rings. The zero-order valence-electron chi connectivity index (χ0n) is 15.6. The number of carbonyl (C=O) groups is 1. The molecule has 0 atom stereocenters. The fourth-order valence-electron chi connectivity index (χ4n) is 2.97. The molecule has 0 saturated heterocycles. The summed E-state index contributed by atoms with van der Waals surface area (Å²) >= 11 is 1.09. The van der Waals surface area contributed by atoms with E-state index >= 15 is 0 Å². The summed E-state index contributed by atoms with van der Waals surface area (Å²) < 4.78 is 40.9. The van der Waals surface area contributed by atoms with Crippen molar-refractivity contribution >= 4 is 49.6 Å². The Morgan fingerprint density at radius 1 is 1.17 bits per heavy atom. The number of aliphatic hydroxyl groups excluding tert-OH is 1. The maximum Gasteiger partial charge on any atom is 0.416 e. The Labute approximate surface area is 172 Å². The Hall–Kier alpha value is -3.18. The molecule has 11 heteroatoms. The first kappa shape index (κ1) is 20.1. The zero-order valence-corrected chi connectivity index (χ0v) is 16.4.